The van der Waals surface area contributed by atoms with Crippen LogP contribution < -0.4 is 24.4 Å². The first-order valence-corrected chi connectivity index (χ1v) is 9.85. The fourth-order valence-corrected chi connectivity index (χ4v) is 3.54. The highest BCUT2D eigenvalue weighted by atomic mass is 35.5. The summed E-state index contributed by atoms with van der Waals surface area (Å²) in [5.74, 6) is 1.37. The highest BCUT2D eigenvalue weighted by Crippen LogP contribution is 2.36. The number of ether oxygens (including phenoxy) is 4. The summed E-state index contributed by atoms with van der Waals surface area (Å²) < 4.78 is 21.4. The third-order valence-electron chi connectivity index (χ3n) is 4.72. The highest BCUT2D eigenvalue weighted by molar-refractivity contribution is 6.34. The average Bonchev–Trinajstić information content (AvgIpc) is 2.77. The number of amides is 1. The summed E-state index contributed by atoms with van der Waals surface area (Å²) in [6.07, 6.45) is 3.10. The smallest absolute Gasteiger partial charge is 0.248 e. The Morgan fingerprint density at radius 1 is 1.07 bits per heavy atom. The SMILES string of the molecule is COc1cc(OC)c(OC)cc1/C=C/C(=O)Nc1cccc(Cl)c1N1CCOCC1. The second kappa shape index (κ2) is 10.2. The van der Waals surface area contributed by atoms with E-state index in [1.165, 1.54) is 6.08 Å². The zero-order chi connectivity index (χ0) is 21.5. The molecule has 0 saturated carbocycles. The van der Waals surface area contributed by atoms with Crippen LogP contribution >= 0.6 is 11.6 Å². The monoisotopic (exact) mass is 432 g/mol. The fourth-order valence-electron chi connectivity index (χ4n) is 3.25. The molecule has 2 aromatic rings. The number of hydrogen-bond donors (Lipinski definition) is 1. The molecule has 0 aliphatic carbocycles. The number of anilines is 2. The zero-order valence-corrected chi connectivity index (χ0v) is 18.0. The maximum Gasteiger partial charge on any atom is 0.248 e. The maximum atomic E-state index is 12.6. The molecule has 0 spiro atoms. The van der Waals surface area contributed by atoms with E-state index in [2.05, 4.69) is 10.2 Å². The molecule has 0 unspecified atom stereocenters. The average molecular weight is 433 g/mol. The largest absolute Gasteiger partial charge is 0.496 e. The van der Waals surface area contributed by atoms with Crippen LogP contribution in [0, 0.1) is 0 Å². The molecule has 1 aliphatic heterocycles. The van der Waals surface area contributed by atoms with E-state index >= 15 is 0 Å². The number of hydrogen-bond acceptors (Lipinski definition) is 6. The molecule has 0 bridgehead atoms. The van der Waals surface area contributed by atoms with E-state index in [-0.39, 0.29) is 5.91 Å². The molecule has 1 heterocycles. The van der Waals surface area contributed by atoms with Crippen LogP contribution in [0.1, 0.15) is 5.56 Å². The Balaban J connectivity index is 1.81. The van der Waals surface area contributed by atoms with E-state index in [1.54, 1.807) is 39.5 Å². The summed E-state index contributed by atoms with van der Waals surface area (Å²) in [4.78, 5) is 14.7. The predicted octanol–water partition coefficient (Wildman–Crippen LogP) is 3.85. The molecule has 7 nitrogen and oxygen atoms in total. The van der Waals surface area contributed by atoms with Crippen LogP contribution in [0.25, 0.3) is 6.08 Å². The molecule has 0 radical (unpaired) electrons. The number of nitrogens with one attached hydrogen (secondary N) is 1. The Hall–Kier alpha value is -2.90. The summed E-state index contributed by atoms with van der Waals surface area (Å²) in [7, 11) is 4.66. The number of morpholine rings is 1. The van der Waals surface area contributed by atoms with Gasteiger partial charge in [-0.3, -0.25) is 4.79 Å². The summed E-state index contributed by atoms with van der Waals surface area (Å²) in [5.41, 5.74) is 2.14. The number of rotatable bonds is 7. The van der Waals surface area contributed by atoms with E-state index in [9.17, 15) is 4.79 Å². The Morgan fingerprint density at radius 2 is 1.73 bits per heavy atom. The van der Waals surface area contributed by atoms with E-state index in [0.717, 1.165) is 5.69 Å². The third kappa shape index (κ3) is 4.98. The second-order valence-electron chi connectivity index (χ2n) is 6.51. The first kappa shape index (κ1) is 21.8. The zero-order valence-electron chi connectivity index (χ0n) is 17.2. The lowest BCUT2D eigenvalue weighted by atomic mass is 10.1. The molecule has 1 fully saturated rings. The van der Waals surface area contributed by atoms with Crippen LogP contribution in [0.2, 0.25) is 5.02 Å². The molecular formula is C22H25ClN2O5. The van der Waals surface area contributed by atoms with Crippen molar-refractivity contribution in [3.63, 3.8) is 0 Å². The predicted molar refractivity (Wildman–Crippen MR) is 118 cm³/mol. The van der Waals surface area contributed by atoms with Crippen molar-refractivity contribution in [3.8, 4) is 17.2 Å². The fraction of sp³-hybridized carbons (Fsp3) is 0.318. The van der Waals surface area contributed by atoms with Gasteiger partial charge in [0.05, 0.1) is 50.9 Å². The molecule has 1 N–H and O–H groups in total. The number of carbonyl (C=O) groups is 1. The van der Waals surface area contributed by atoms with Gasteiger partial charge in [0.2, 0.25) is 5.91 Å². The molecule has 1 amide bonds. The van der Waals surface area contributed by atoms with Crippen LogP contribution in [0.3, 0.4) is 0 Å². The molecule has 3 rings (SSSR count). The molecule has 2 aromatic carbocycles. The minimum Gasteiger partial charge on any atom is -0.496 e. The number of halogens is 1. The summed E-state index contributed by atoms with van der Waals surface area (Å²) in [6.45, 7) is 2.67. The van der Waals surface area contributed by atoms with Crippen molar-refractivity contribution in [2.45, 2.75) is 0 Å². The van der Waals surface area contributed by atoms with E-state index < -0.39 is 0 Å². The molecular weight excluding hydrogens is 408 g/mol. The Bertz CT molecular complexity index is 926. The van der Waals surface area contributed by atoms with Crippen LogP contribution in [-0.4, -0.2) is 53.5 Å². The molecule has 1 aliphatic rings. The second-order valence-corrected chi connectivity index (χ2v) is 6.91. The highest BCUT2D eigenvalue weighted by Gasteiger charge is 2.18. The van der Waals surface area contributed by atoms with Gasteiger partial charge in [-0.2, -0.15) is 0 Å². The van der Waals surface area contributed by atoms with Crippen LogP contribution in [0.4, 0.5) is 11.4 Å². The standard InChI is InChI=1S/C22H25ClN2O5/c1-27-18-14-20(29-3)19(28-2)13-15(18)7-8-21(26)24-17-6-4-5-16(23)22(17)25-9-11-30-12-10-25/h4-8,13-14H,9-12H2,1-3H3,(H,24,26)/b8-7+. The van der Waals surface area contributed by atoms with Gasteiger partial charge in [0.1, 0.15) is 5.75 Å². The number of methoxy groups -OCH3 is 3. The number of nitrogens with zero attached hydrogens (tertiary/aromatic N) is 1. The molecule has 1 saturated heterocycles. The van der Waals surface area contributed by atoms with Gasteiger partial charge in [0, 0.05) is 30.8 Å². The Kier molecular flexibility index (Phi) is 7.43. The van der Waals surface area contributed by atoms with Crippen LogP contribution in [0.15, 0.2) is 36.4 Å². The number of carbonyl (C=O) groups excluding carboxylic acids is 1. The van der Waals surface area contributed by atoms with Crippen molar-refractivity contribution in [1.82, 2.24) is 0 Å². The Morgan fingerprint density at radius 3 is 2.40 bits per heavy atom. The topological polar surface area (TPSA) is 69.3 Å². The minimum absolute atomic E-state index is 0.288. The van der Waals surface area contributed by atoms with E-state index in [0.29, 0.717) is 59.8 Å². The van der Waals surface area contributed by atoms with Gasteiger partial charge in [-0.25, -0.2) is 0 Å². The quantitative estimate of drug-likeness (QED) is 0.670. The van der Waals surface area contributed by atoms with Crippen molar-refractivity contribution in [2.24, 2.45) is 0 Å². The van der Waals surface area contributed by atoms with Gasteiger partial charge >= 0.3 is 0 Å². The van der Waals surface area contributed by atoms with Crippen molar-refractivity contribution in [1.29, 1.82) is 0 Å². The van der Waals surface area contributed by atoms with Crippen LogP contribution in [0.5, 0.6) is 17.2 Å². The number of benzene rings is 2. The van der Waals surface area contributed by atoms with Gasteiger partial charge in [-0.1, -0.05) is 17.7 Å². The van der Waals surface area contributed by atoms with E-state index in [4.69, 9.17) is 30.5 Å². The van der Waals surface area contributed by atoms with Crippen molar-refractivity contribution in [2.75, 3.05) is 57.8 Å². The van der Waals surface area contributed by atoms with Crippen molar-refractivity contribution >= 4 is 35.0 Å². The third-order valence-corrected chi connectivity index (χ3v) is 5.03. The molecule has 160 valence electrons. The summed E-state index contributed by atoms with van der Waals surface area (Å²) in [6, 6.07) is 8.92. The molecule has 0 aromatic heterocycles. The lowest BCUT2D eigenvalue weighted by molar-refractivity contribution is -0.111. The van der Waals surface area contributed by atoms with Gasteiger partial charge in [-0.15, -0.1) is 0 Å². The van der Waals surface area contributed by atoms with Crippen LogP contribution in [-0.2, 0) is 9.53 Å². The lowest BCUT2D eigenvalue weighted by Gasteiger charge is -2.31. The Labute approximate surface area is 181 Å². The molecule has 0 atom stereocenters. The molecule has 30 heavy (non-hydrogen) atoms. The summed E-state index contributed by atoms with van der Waals surface area (Å²) >= 11 is 6.43. The van der Waals surface area contributed by atoms with Gasteiger partial charge in [0.15, 0.2) is 11.5 Å². The van der Waals surface area contributed by atoms with E-state index in [1.807, 2.05) is 18.2 Å². The van der Waals surface area contributed by atoms with Gasteiger partial charge < -0.3 is 29.2 Å². The van der Waals surface area contributed by atoms with Gasteiger partial charge in [0.25, 0.3) is 0 Å². The maximum absolute atomic E-state index is 12.6. The molecule has 8 heteroatoms. The van der Waals surface area contributed by atoms with Crippen molar-refractivity contribution < 1.29 is 23.7 Å². The summed E-state index contributed by atoms with van der Waals surface area (Å²) in [5, 5.41) is 3.50. The normalized spacial score (nSPS) is 13.9. The van der Waals surface area contributed by atoms with Gasteiger partial charge in [-0.05, 0) is 24.3 Å². The lowest BCUT2D eigenvalue weighted by Crippen LogP contribution is -2.37. The number of para-hydroxylation sites is 1. The van der Waals surface area contributed by atoms with Crippen molar-refractivity contribution in [3.05, 3.63) is 47.0 Å². The minimum atomic E-state index is -0.288. The first-order valence-electron chi connectivity index (χ1n) is 9.47. The first-order chi connectivity index (χ1) is 14.6.